The third kappa shape index (κ3) is 39.7. The quantitative estimate of drug-likeness (QED) is 0.0497. The molecule has 0 aliphatic rings. The van der Waals surface area contributed by atoms with Crippen LogP contribution in [0.4, 0.5) is 0 Å². The molecule has 5 heteroatoms. The molecule has 0 fully saturated rings. The Labute approximate surface area is 300 Å². The Kier molecular flexibility index (Phi) is 41.8. The number of ether oxygens (including phenoxy) is 2. The number of allylic oxidation sites excluding steroid dienone is 4. The maximum atomic E-state index is 9.97. The minimum absolute atomic E-state index is 0.205. The lowest BCUT2D eigenvalue weighted by molar-refractivity contribution is 0.0278. The van der Waals surface area contributed by atoms with Gasteiger partial charge in [0.2, 0.25) is 0 Å². The van der Waals surface area contributed by atoms with Crippen LogP contribution in [0.25, 0.3) is 0 Å². The summed E-state index contributed by atoms with van der Waals surface area (Å²) in [5, 5.41) is 19.3. The van der Waals surface area contributed by atoms with E-state index in [0.29, 0.717) is 19.8 Å². The van der Waals surface area contributed by atoms with Crippen LogP contribution in [0, 0.1) is 0 Å². The zero-order valence-electron chi connectivity index (χ0n) is 32.5. The number of aliphatic hydroxyl groups excluding tert-OH is 2. The van der Waals surface area contributed by atoms with Gasteiger partial charge in [0.1, 0.15) is 0 Å². The summed E-state index contributed by atoms with van der Waals surface area (Å²) in [5.41, 5.74) is 0. The Balaban J connectivity index is 3.58. The van der Waals surface area contributed by atoms with E-state index in [0.717, 1.165) is 39.1 Å². The van der Waals surface area contributed by atoms with Crippen molar-refractivity contribution in [2.45, 2.75) is 200 Å². The lowest BCUT2D eigenvalue weighted by atomic mass is 10.1. The van der Waals surface area contributed by atoms with E-state index in [1.807, 2.05) is 0 Å². The highest BCUT2D eigenvalue weighted by molar-refractivity contribution is 4.82. The van der Waals surface area contributed by atoms with E-state index >= 15 is 0 Å². The molecule has 0 rings (SSSR count). The number of rotatable bonds is 41. The molecule has 0 aliphatic carbocycles. The fraction of sp³-hybridized carbons (Fsp3) is 0.907. The molecule has 0 aromatic rings. The number of hydrogen-bond donors (Lipinski definition) is 2. The van der Waals surface area contributed by atoms with Gasteiger partial charge in [-0.15, -0.1) is 0 Å². The first-order valence-corrected chi connectivity index (χ1v) is 21.2. The van der Waals surface area contributed by atoms with E-state index < -0.39 is 6.10 Å². The molecule has 0 aromatic heterocycles. The van der Waals surface area contributed by atoms with Crippen molar-refractivity contribution in [1.82, 2.24) is 4.90 Å². The van der Waals surface area contributed by atoms with Crippen LogP contribution in [-0.2, 0) is 9.47 Å². The Morgan fingerprint density at radius 2 is 0.750 bits per heavy atom. The second-order valence-electron chi connectivity index (χ2n) is 14.2. The Bertz CT molecular complexity index is 592. The van der Waals surface area contributed by atoms with E-state index in [-0.39, 0.29) is 6.61 Å². The van der Waals surface area contributed by atoms with Crippen molar-refractivity contribution >= 4 is 0 Å². The lowest BCUT2D eigenvalue weighted by Gasteiger charge is -2.24. The van der Waals surface area contributed by atoms with E-state index in [1.54, 1.807) is 0 Å². The first-order chi connectivity index (χ1) is 23.7. The maximum absolute atomic E-state index is 9.97. The molecule has 0 aromatic carbocycles. The first kappa shape index (κ1) is 47.3. The van der Waals surface area contributed by atoms with E-state index in [4.69, 9.17) is 9.47 Å². The van der Waals surface area contributed by atoms with Gasteiger partial charge in [-0.05, 0) is 64.2 Å². The number of aliphatic hydroxyl groups is 2. The van der Waals surface area contributed by atoms with Crippen LogP contribution in [0.3, 0.4) is 0 Å². The third-order valence-electron chi connectivity index (χ3n) is 9.38. The molecule has 2 N–H and O–H groups in total. The molecule has 1 atom stereocenters. The van der Waals surface area contributed by atoms with E-state index in [2.05, 4.69) is 43.1 Å². The summed E-state index contributed by atoms with van der Waals surface area (Å²) in [7, 11) is 0. The molecule has 0 saturated carbocycles. The van der Waals surface area contributed by atoms with Crippen LogP contribution < -0.4 is 0 Å². The summed E-state index contributed by atoms with van der Waals surface area (Å²) >= 11 is 0. The van der Waals surface area contributed by atoms with Crippen LogP contribution in [0.5, 0.6) is 0 Å². The summed E-state index contributed by atoms with van der Waals surface area (Å²) in [6.07, 6.45) is 45.8. The van der Waals surface area contributed by atoms with Gasteiger partial charge >= 0.3 is 0 Å². The standard InChI is InChI=1S/C43H85NO4/c1-3-5-7-9-11-13-15-17-19-21-23-25-27-29-31-33-37-47-39-35-44(41-43(46)42-45)36-40-48-38-34-32-30-28-26-24-22-20-18-16-14-12-10-8-6-4-2/h17-20,43,45-46H,3-16,21-42H2,1-2H3/t43-/m1/s1. The van der Waals surface area contributed by atoms with Crippen molar-refractivity contribution in [2.24, 2.45) is 0 Å². The van der Waals surface area contributed by atoms with Gasteiger partial charge in [0.05, 0.1) is 25.9 Å². The molecule has 0 spiro atoms. The molecular weight excluding hydrogens is 594 g/mol. The monoisotopic (exact) mass is 680 g/mol. The minimum Gasteiger partial charge on any atom is -0.394 e. The van der Waals surface area contributed by atoms with Crippen LogP contribution >= 0.6 is 0 Å². The maximum Gasteiger partial charge on any atom is 0.0897 e. The largest absolute Gasteiger partial charge is 0.394 e. The molecule has 5 nitrogen and oxygen atoms in total. The lowest BCUT2D eigenvalue weighted by Crippen LogP contribution is -2.38. The second-order valence-corrected chi connectivity index (χ2v) is 14.2. The predicted octanol–water partition coefficient (Wildman–Crippen LogP) is 11.7. The van der Waals surface area contributed by atoms with Crippen molar-refractivity contribution in [1.29, 1.82) is 0 Å². The van der Waals surface area contributed by atoms with Crippen molar-refractivity contribution in [2.75, 3.05) is 52.7 Å². The fourth-order valence-corrected chi connectivity index (χ4v) is 6.14. The topological polar surface area (TPSA) is 62.2 Å². The van der Waals surface area contributed by atoms with Crippen LogP contribution in [0.2, 0.25) is 0 Å². The van der Waals surface area contributed by atoms with Crippen molar-refractivity contribution in [3.8, 4) is 0 Å². The summed E-state index contributed by atoms with van der Waals surface area (Å²) in [6, 6.07) is 0. The first-order valence-electron chi connectivity index (χ1n) is 21.2. The second kappa shape index (κ2) is 42.4. The molecular formula is C43H85NO4. The van der Waals surface area contributed by atoms with Crippen molar-refractivity contribution in [3.63, 3.8) is 0 Å². The minimum atomic E-state index is -0.711. The van der Waals surface area contributed by atoms with E-state index in [1.165, 1.54) is 167 Å². The number of hydrogen-bond acceptors (Lipinski definition) is 5. The highest BCUT2D eigenvalue weighted by atomic mass is 16.5. The SMILES string of the molecule is CCCCCCCCC=CCCCCCCCCOCCN(CCOCCCCCCCCC=CCCCCCCCC)C[C@@H](O)CO. The fourth-order valence-electron chi connectivity index (χ4n) is 6.14. The van der Waals surface area contributed by atoms with Crippen LogP contribution in [0.15, 0.2) is 24.3 Å². The summed E-state index contributed by atoms with van der Waals surface area (Å²) in [4.78, 5) is 2.16. The van der Waals surface area contributed by atoms with Crippen LogP contribution in [-0.4, -0.2) is 73.9 Å². The molecule has 0 unspecified atom stereocenters. The van der Waals surface area contributed by atoms with Crippen molar-refractivity contribution < 1.29 is 19.7 Å². The normalized spacial score (nSPS) is 12.8. The average Bonchev–Trinajstić information content (AvgIpc) is 3.09. The zero-order valence-corrected chi connectivity index (χ0v) is 32.5. The number of nitrogens with zero attached hydrogens (tertiary/aromatic N) is 1. The highest BCUT2D eigenvalue weighted by Gasteiger charge is 2.11. The third-order valence-corrected chi connectivity index (χ3v) is 9.38. The van der Waals surface area contributed by atoms with Crippen molar-refractivity contribution in [3.05, 3.63) is 24.3 Å². The summed E-state index contributed by atoms with van der Waals surface area (Å²) in [6.45, 7) is 9.30. The Hall–Kier alpha value is -0.720. The van der Waals surface area contributed by atoms with Gasteiger partial charge < -0.3 is 19.7 Å². The smallest absolute Gasteiger partial charge is 0.0897 e. The van der Waals surface area contributed by atoms with Gasteiger partial charge in [-0.1, -0.05) is 154 Å². The van der Waals surface area contributed by atoms with Gasteiger partial charge in [0, 0.05) is 32.8 Å². The van der Waals surface area contributed by atoms with Gasteiger partial charge in [0.25, 0.3) is 0 Å². The van der Waals surface area contributed by atoms with Gasteiger partial charge in [0.15, 0.2) is 0 Å². The summed E-state index contributed by atoms with van der Waals surface area (Å²) < 4.78 is 11.8. The van der Waals surface area contributed by atoms with Gasteiger partial charge in [-0.25, -0.2) is 0 Å². The number of unbranched alkanes of at least 4 members (excludes halogenated alkanes) is 24. The molecule has 0 aliphatic heterocycles. The average molecular weight is 680 g/mol. The summed E-state index contributed by atoms with van der Waals surface area (Å²) in [5.74, 6) is 0. The predicted molar refractivity (Wildman–Crippen MR) is 210 cm³/mol. The van der Waals surface area contributed by atoms with E-state index in [9.17, 15) is 10.2 Å². The van der Waals surface area contributed by atoms with Gasteiger partial charge in [-0.2, -0.15) is 0 Å². The molecule has 0 saturated heterocycles. The molecule has 0 bridgehead atoms. The molecule has 286 valence electrons. The zero-order chi connectivity index (χ0) is 34.9. The highest BCUT2D eigenvalue weighted by Crippen LogP contribution is 2.12. The molecule has 0 amide bonds. The Morgan fingerprint density at radius 3 is 1.08 bits per heavy atom. The molecule has 0 radical (unpaired) electrons. The molecule has 48 heavy (non-hydrogen) atoms. The molecule has 0 heterocycles. The van der Waals surface area contributed by atoms with Gasteiger partial charge in [-0.3, -0.25) is 4.90 Å². The van der Waals surface area contributed by atoms with Crippen LogP contribution in [0.1, 0.15) is 194 Å². The Morgan fingerprint density at radius 1 is 0.438 bits per heavy atom.